The summed E-state index contributed by atoms with van der Waals surface area (Å²) in [5.74, 6) is -0.241. The lowest BCUT2D eigenvalue weighted by Crippen LogP contribution is -2.58. The first-order valence-corrected chi connectivity index (χ1v) is 8.71. The van der Waals surface area contributed by atoms with Crippen LogP contribution in [0.25, 0.3) is 0 Å². The molecule has 2 rings (SSSR count). The van der Waals surface area contributed by atoms with E-state index >= 15 is 0 Å². The first-order chi connectivity index (χ1) is 11.3. The molecule has 5 nitrogen and oxygen atoms in total. The fourth-order valence-electron chi connectivity index (χ4n) is 2.98. The largest absolute Gasteiger partial charge is 0.350 e. The highest BCUT2D eigenvalue weighted by atomic mass is 16.2. The predicted molar refractivity (Wildman–Crippen MR) is 95.5 cm³/mol. The van der Waals surface area contributed by atoms with Gasteiger partial charge in [0.1, 0.15) is 0 Å². The third-order valence-electron chi connectivity index (χ3n) is 4.66. The van der Waals surface area contributed by atoms with Crippen molar-refractivity contribution in [3.8, 4) is 0 Å². The maximum absolute atomic E-state index is 12.4. The minimum atomic E-state index is -0.565. The fraction of sp³-hybridized carbons (Fsp3) is 0.579. The Morgan fingerprint density at radius 3 is 2.12 bits per heavy atom. The van der Waals surface area contributed by atoms with Crippen LogP contribution in [-0.4, -0.2) is 29.9 Å². The lowest BCUT2D eigenvalue weighted by molar-refractivity contribution is -0.125. The van der Waals surface area contributed by atoms with Crippen LogP contribution in [0.3, 0.4) is 0 Å². The van der Waals surface area contributed by atoms with Gasteiger partial charge in [-0.25, -0.2) is 0 Å². The predicted octanol–water partition coefficient (Wildman–Crippen LogP) is 2.22. The molecule has 1 aliphatic carbocycles. The molecule has 0 saturated heterocycles. The van der Waals surface area contributed by atoms with Crippen molar-refractivity contribution >= 4 is 11.8 Å². The Hall–Kier alpha value is -1.88. The maximum atomic E-state index is 12.4. The number of benzene rings is 1. The Morgan fingerprint density at radius 1 is 1.04 bits per heavy atom. The van der Waals surface area contributed by atoms with Gasteiger partial charge in [-0.2, -0.15) is 0 Å². The van der Waals surface area contributed by atoms with Crippen molar-refractivity contribution < 1.29 is 9.59 Å². The summed E-state index contributed by atoms with van der Waals surface area (Å²) in [6.45, 7) is 5.85. The fourth-order valence-corrected chi connectivity index (χ4v) is 2.98. The third-order valence-corrected chi connectivity index (χ3v) is 4.66. The second-order valence-electron chi connectivity index (χ2n) is 7.69. The van der Waals surface area contributed by atoms with Crippen molar-refractivity contribution in [2.75, 3.05) is 0 Å². The van der Waals surface area contributed by atoms with Crippen LogP contribution in [0.2, 0.25) is 0 Å². The zero-order chi connectivity index (χ0) is 17.7. The van der Waals surface area contributed by atoms with Gasteiger partial charge in [0.25, 0.3) is 5.91 Å². The van der Waals surface area contributed by atoms with Crippen molar-refractivity contribution in [1.82, 2.24) is 10.6 Å². The van der Waals surface area contributed by atoms with E-state index in [1.807, 2.05) is 39.0 Å². The van der Waals surface area contributed by atoms with Crippen molar-refractivity contribution in [3.63, 3.8) is 0 Å². The Morgan fingerprint density at radius 2 is 1.58 bits per heavy atom. The van der Waals surface area contributed by atoms with E-state index in [2.05, 4.69) is 10.6 Å². The average molecular weight is 331 g/mol. The zero-order valence-electron chi connectivity index (χ0n) is 14.8. The Bertz CT molecular complexity index is 566. The average Bonchev–Trinajstić information content (AvgIpc) is 2.55. The second kappa shape index (κ2) is 7.79. The number of hydrogen-bond acceptors (Lipinski definition) is 3. The van der Waals surface area contributed by atoms with Gasteiger partial charge in [0.15, 0.2) is 0 Å². The van der Waals surface area contributed by atoms with E-state index in [0.717, 1.165) is 25.7 Å². The smallest absolute Gasteiger partial charge is 0.251 e. The van der Waals surface area contributed by atoms with Crippen LogP contribution in [0.15, 0.2) is 30.3 Å². The summed E-state index contributed by atoms with van der Waals surface area (Å²) in [5.41, 5.74) is 6.40. The first-order valence-electron chi connectivity index (χ1n) is 8.71. The van der Waals surface area contributed by atoms with Gasteiger partial charge in [-0.05, 0) is 30.4 Å². The summed E-state index contributed by atoms with van der Waals surface area (Å²) in [6, 6.07) is 8.48. The Kier molecular flexibility index (Phi) is 5.99. The van der Waals surface area contributed by atoms with Gasteiger partial charge < -0.3 is 16.4 Å². The second-order valence-corrected chi connectivity index (χ2v) is 7.69. The molecule has 0 aromatic heterocycles. The molecule has 1 aliphatic rings. The minimum absolute atomic E-state index is 0.0532. The molecule has 24 heavy (non-hydrogen) atoms. The topological polar surface area (TPSA) is 84.2 Å². The van der Waals surface area contributed by atoms with E-state index in [1.165, 1.54) is 0 Å². The van der Waals surface area contributed by atoms with Crippen molar-refractivity contribution in [2.24, 2.45) is 11.1 Å². The van der Waals surface area contributed by atoms with Crippen LogP contribution < -0.4 is 16.4 Å². The highest BCUT2D eigenvalue weighted by Gasteiger charge is 2.32. The molecule has 2 amide bonds. The quantitative estimate of drug-likeness (QED) is 0.791. The summed E-state index contributed by atoms with van der Waals surface area (Å²) < 4.78 is 0. The lowest BCUT2D eigenvalue weighted by atomic mass is 9.85. The van der Waals surface area contributed by atoms with E-state index in [1.54, 1.807) is 12.1 Å². The Balaban J connectivity index is 2.00. The van der Waals surface area contributed by atoms with Gasteiger partial charge in [0, 0.05) is 17.6 Å². The molecule has 132 valence electrons. The molecule has 5 heteroatoms. The van der Waals surface area contributed by atoms with Crippen LogP contribution >= 0.6 is 0 Å². The van der Waals surface area contributed by atoms with Crippen LogP contribution in [0.4, 0.5) is 0 Å². The van der Waals surface area contributed by atoms with E-state index in [4.69, 9.17) is 5.73 Å². The molecule has 0 bridgehead atoms. The van der Waals surface area contributed by atoms with Crippen LogP contribution in [0.5, 0.6) is 0 Å². The van der Waals surface area contributed by atoms with Crippen LogP contribution in [-0.2, 0) is 4.79 Å². The third kappa shape index (κ3) is 4.81. The minimum Gasteiger partial charge on any atom is -0.350 e. The van der Waals surface area contributed by atoms with Gasteiger partial charge in [-0.1, -0.05) is 51.8 Å². The molecule has 0 aliphatic heterocycles. The molecular formula is C19H29N3O2. The van der Waals surface area contributed by atoms with Gasteiger partial charge in [0.2, 0.25) is 5.91 Å². The lowest BCUT2D eigenvalue weighted by Gasteiger charge is -2.35. The first kappa shape index (κ1) is 18.5. The molecule has 3 atom stereocenters. The number of nitrogens with two attached hydrogens (primary N) is 1. The van der Waals surface area contributed by atoms with Crippen molar-refractivity contribution in [2.45, 2.75) is 64.6 Å². The molecule has 1 fully saturated rings. The molecule has 1 aromatic carbocycles. The molecular weight excluding hydrogens is 302 g/mol. The standard InChI is InChI=1S/C19H29N3O2/c1-19(2,3)16(20)18(24)22-15-12-8-7-11-14(15)21-17(23)13-9-5-4-6-10-13/h4-6,9-10,14-16H,7-8,11-12,20H2,1-3H3,(H,21,23)(H,22,24)/t14-,15-,16+/m1/s1. The summed E-state index contributed by atoms with van der Waals surface area (Å²) in [5, 5.41) is 6.13. The molecule has 0 spiro atoms. The molecule has 1 saturated carbocycles. The van der Waals surface area contributed by atoms with E-state index in [-0.39, 0.29) is 29.3 Å². The summed E-state index contributed by atoms with van der Waals surface area (Å²) in [6.07, 6.45) is 3.83. The molecule has 0 unspecified atom stereocenters. The Labute approximate surface area is 144 Å². The van der Waals surface area contributed by atoms with Gasteiger partial charge in [-0.3, -0.25) is 9.59 Å². The number of rotatable bonds is 4. The van der Waals surface area contributed by atoms with Crippen molar-refractivity contribution in [3.05, 3.63) is 35.9 Å². The molecule has 1 aromatic rings. The molecule has 4 N–H and O–H groups in total. The van der Waals surface area contributed by atoms with E-state index in [9.17, 15) is 9.59 Å². The number of amides is 2. The number of hydrogen-bond donors (Lipinski definition) is 3. The van der Waals surface area contributed by atoms with E-state index < -0.39 is 6.04 Å². The van der Waals surface area contributed by atoms with Gasteiger partial charge in [0.05, 0.1) is 6.04 Å². The van der Waals surface area contributed by atoms with Gasteiger partial charge >= 0.3 is 0 Å². The highest BCUT2D eigenvalue weighted by molar-refractivity contribution is 5.94. The molecule has 0 radical (unpaired) electrons. The van der Waals surface area contributed by atoms with Gasteiger partial charge in [-0.15, -0.1) is 0 Å². The van der Waals surface area contributed by atoms with Crippen LogP contribution in [0.1, 0.15) is 56.8 Å². The monoisotopic (exact) mass is 331 g/mol. The SMILES string of the molecule is CC(C)(C)[C@@H](N)C(=O)N[C@@H]1CCCC[C@H]1NC(=O)c1ccccc1. The normalized spacial score (nSPS) is 22.5. The number of carbonyl (C=O) groups excluding carboxylic acids is 2. The van der Waals surface area contributed by atoms with Crippen molar-refractivity contribution in [1.29, 1.82) is 0 Å². The number of nitrogens with one attached hydrogen (secondary N) is 2. The van der Waals surface area contributed by atoms with Crippen LogP contribution in [0, 0.1) is 5.41 Å². The zero-order valence-corrected chi connectivity index (χ0v) is 14.8. The maximum Gasteiger partial charge on any atom is 0.251 e. The summed E-state index contributed by atoms with van der Waals surface area (Å²) in [7, 11) is 0. The summed E-state index contributed by atoms with van der Waals surface area (Å²) in [4.78, 5) is 24.8. The molecule has 0 heterocycles. The summed E-state index contributed by atoms with van der Waals surface area (Å²) >= 11 is 0. The van der Waals surface area contributed by atoms with E-state index in [0.29, 0.717) is 5.56 Å². The number of carbonyl (C=O) groups is 2. The highest BCUT2D eigenvalue weighted by Crippen LogP contribution is 2.21.